The van der Waals surface area contributed by atoms with E-state index in [-0.39, 0.29) is 11.4 Å². The van der Waals surface area contributed by atoms with E-state index < -0.39 is 0 Å². The minimum atomic E-state index is -0.317. The number of hydrogen-bond donors (Lipinski definition) is 2. The molecule has 1 heterocycles. The summed E-state index contributed by atoms with van der Waals surface area (Å²) < 4.78 is 5.10. The Morgan fingerprint density at radius 1 is 1.44 bits per heavy atom. The average Bonchev–Trinajstić information content (AvgIpc) is 2.38. The lowest BCUT2D eigenvalue weighted by atomic mass is 10.2. The van der Waals surface area contributed by atoms with Gasteiger partial charge in [-0.1, -0.05) is 19.1 Å². The molecule has 0 bridgehead atoms. The standard InChI is InChI=1S/C13H14N2O3/c1-3-10-12(16)14-11(15-13(10)17)8-5-4-6-9(7-8)18-2/h4-7H,3H2,1-2H3,(H2,14,15,16,17). The molecule has 0 radical (unpaired) electrons. The third-order valence-corrected chi connectivity index (χ3v) is 2.69. The van der Waals surface area contributed by atoms with E-state index in [2.05, 4.69) is 9.97 Å². The van der Waals surface area contributed by atoms with Gasteiger partial charge in [-0.05, 0) is 18.6 Å². The van der Waals surface area contributed by atoms with Crippen molar-refractivity contribution >= 4 is 0 Å². The molecule has 0 saturated carbocycles. The van der Waals surface area contributed by atoms with Crippen molar-refractivity contribution in [3.05, 3.63) is 40.2 Å². The Balaban J connectivity index is 2.54. The highest BCUT2D eigenvalue weighted by Gasteiger charge is 2.10. The largest absolute Gasteiger partial charge is 0.497 e. The summed E-state index contributed by atoms with van der Waals surface area (Å²) in [6.45, 7) is 1.79. The van der Waals surface area contributed by atoms with Crippen LogP contribution in [0.5, 0.6) is 11.6 Å². The molecule has 0 aliphatic heterocycles. The van der Waals surface area contributed by atoms with E-state index in [1.807, 2.05) is 0 Å². The predicted molar refractivity (Wildman–Crippen MR) is 67.9 cm³/mol. The fraction of sp³-hybridized carbons (Fsp3) is 0.231. The molecule has 0 saturated heterocycles. The molecular weight excluding hydrogens is 232 g/mol. The summed E-state index contributed by atoms with van der Waals surface area (Å²) in [5, 5.41) is 9.70. The fourth-order valence-electron chi connectivity index (χ4n) is 1.71. The van der Waals surface area contributed by atoms with E-state index in [9.17, 15) is 9.90 Å². The second kappa shape index (κ2) is 4.91. The molecule has 0 fully saturated rings. The van der Waals surface area contributed by atoms with Gasteiger partial charge in [0.15, 0.2) is 0 Å². The van der Waals surface area contributed by atoms with Crippen LogP contribution in [0.1, 0.15) is 12.5 Å². The van der Waals surface area contributed by atoms with Crippen LogP contribution in [0.3, 0.4) is 0 Å². The Hall–Kier alpha value is -2.30. The topological polar surface area (TPSA) is 75.2 Å². The van der Waals surface area contributed by atoms with Crippen molar-refractivity contribution in [2.75, 3.05) is 7.11 Å². The monoisotopic (exact) mass is 246 g/mol. The van der Waals surface area contributed by atoms with Gasteiger partial charge in [-0.25, -0.2) is 0 Å². The van der Waals surface area contributed by atoms with Crippen molar-refractivity contribution in [2.45, 2.75) is 13.3 Å². The molecule has 1 aromatic heterocycles. The van der Waals surface area contributed by atoms with Crippen LogP contribution in [0.15, 0.2) is 29.1 Å². The van der Waals surface area contributed by atoms with Crippen LogP contribution < -0.4 is 10.3 Å². The molecule has 0 aliphatic carbocycles. The van der Waals surface area contributed by atoms with Gasteiger partial charge in [-0.2, -0.15) is 4.98 Å². The summed E-state index contributed by atoms with van der Waals surface area (Å²) in [7, 11) is 1.56. The van der Waals surface area contributed by atoms with Crippen molar-refractivity contribution in [1.29, 1.82) is 0 Å². The summed E-state index contributed by atoms with van der Waals surface area (Å²) in [6, 6.07) is 7.11. The first-order chi connectivity index (χ1) is 8.65. The van der Waals surface area contributed by atoms with Crippen molar-refractivity contribution < 1.29 is 9.84 Å². The smallest absolute Gasteiger partial charge is 0.258 e. The second-order valence-corrected chi connectivity index (χ2v) is 3.80. The van der Waals surface area contributed by atoms with Crippen molar-refractivity contribution in [3.8, 4) is 23.0 Å². The van der Waals surface area contributed by atoms with Crippen LogP contribution in [0.4, 0.5) is 0 Å². The number of methoxy groups -OCH3 is 1. The van der Waals surface area contributed by atoms with Crippen molar-refractivity contribution in [1.82, 2.24) is 9.97 Å². The molecule has 0 spiro atoms. The number of hydrogen-bond acceptors (Lipinski definition) is 4. The third kappa shape index (κ3) is 2.20. The van der Waals surface area contributed by atoms with Crippen molar-refractivity contribution in [3.63, 3.8) is 0 Å². The van der Waals surface area contributed by atoms with Crippen LogP contribution in [0, 0.1) is 0 Å². The van der Waals surface area contributed by atoms with Gasteiger partial charge in [0.2, 0.25) is 5.88 Å². The van der Waals surface area contributed by atoms with Crippen LogP contribution >= 0.6 is 0 Å². The maximum atomic E-state index is 11.7. The van der Waals surface area contributed by atoms with Gasteiger partial charge in [-0.3, -0.25) is 4.79 Å². The Morgan fingerprint density at radius 3 is 2.83 bits per heavy atom. The van der Waals surface area contributed by atoms with Gasteiger partial charge < -0.3 is 14.8 Å². The lowest BCUT2D eigenvalue weighted by molar-refractivity contribution is 0.415. The number of aromatic amines is 1. The number of rotatable bonds is 3. The zero-order valence-electron chi connectivity index (χ0n) is 10.2. The average molecular weight is 246 g/mol. The minimum absolute atomic E-state index is 0.223. The highest BCUT2D eigenvalue weighted by Crippen LogP contribution is 2.22. The zero-order valence-corrected chi connectivity index (χ0v) is 10.2. The number of H-pyrrole nitrogens is 1. The molecule has 0 aliphatic rings. The van der Waals surface area contributed by atoms with Crippen LogP contribution in [-0.2, 0) is 6.42 Å². The van der Waals surface area contributed by atoms with E-state index in [0.29, 0.717) is 29.1 Å². The SMILES string of the molecule is CCc1c(O)nc(-c2cccc(OC)c2)[nH]c1=O. The van der Waals surface area contributed by atoms with Gasteiger partial charge >= 0.3 is 0 Å². The maximum Gasteiger partial charge on any atom is 0.258 e. The number of aromatic nitrogens is 2. The zero-order chi connectivity index (χ0) is 13.1. The fourth-order valence-corrected chi connectivity index (χ4v) is 1.71. The van der Waals surface area contributed by atoms with Gasteiger partial charge in [0.1, 0.15) is 11.6 Å². The van der Waals surface area contributed by atoms with Crippen LogP contribution in [0.2, 0.25) is 0 Å². The molecule has 5 nitrogen and oxygen atoms in total. The number of aromatic hydroxyl groups is 1. The Morgan fingerprint density at radius 2 is 2.22 bits per heavy atom. The summed E-state index contributed by atoms with van der Waals surface area (Å²) in [4.78, 5) is 18.4. The molecule has 94 valence electrons. The number of ether oxygens (including phenoxy) is 1. The summed E-state index contributed by atoms with van der Waals surface area (Å²) in [5.41, 5.74) is 0.661. The molecule has 2 N–H and O–H groups in total. The molecule has 0 unspecified atom stereocenters. The first kappa shape index (κ1) is 12.2. The Bertz CT molecular complexity index is 620. The van der Waals surface area contributed by atoms with E-state index in [1.54, 1.807) is 38.3 Å². The van der Waals surface area contributed by atoms with Gasteiger partial charge in [0, 0.05) is 5.56 Å². The molecule has 2 rings (SSSR count). The molecule has 2 aromatic rings. The van der Waals surface area contributed by atoms with E-state index in [1.165, 1.54) is 0 Å². The molecule has 0 amide bonds. The van der Waals surface area contributed by atoms with E-state index >= 15 is 0 Å². The Labute approximate surface area is 104 Å². The summed E-state index contributed by atoms with van der Waals surface area (Å²) >= 11 is 0. The third-order valence-electron chi connectivity index (χ3n) is 2.69. The molecule has 1 aromatic carbocycles. The number of benzene rings is 1. The first-order valence-corrected chi connectivity index (χ1v) is 5.62. The Kier molecular flexibility index (Phi) is 3.32. The highest BCUT2D eigenvalue weighted by molar-refractivity contribution is 5.58. The lowest BCUT2D eigenvalue weighted by Crippen LogP contribution is -2.14. The first-order valence-electron chi connectivity index (χ1n) is 5.62. The van der Waals surface area contributed by atoms with E-state index in [0.717, 1.165) is 0 Å². The van der Waals surface area contributed by atoms with Crippen LogP contribution in [0.25, 0.3) is 11.4 Å². The van der Waals surface area contributed by atoms with Gasteiger partial charge in [-0.15, -0.1) is 0 Å². The van der Waals surface area contributed by atoms with Crippen LogP contribution in [-0.4, -0.2) is 22.2 Å². The van der Waals surface area contributed by atoms with Gasteiger partial charge in [0.25, 0.3) is 5.56 Å². The molecular formula is C13H14N2O3. The molecule has 18 heavy (non-hydrogen) atoms. The second-order valence-electron chi connectivity index (χ2n) is 3.80. The number of nitrogens with one attached hydrogen (secondary N) is 1. The predicted octanol–water partition coefficient (Wildman–Crippen LogP) is 1.71. The number of nitrogens with zero attached hydrogens (tertiary/aromatic N) is 1. The highest BCUT2D eigenvalue weighted by atomic mass is 16.5. The molecule has 0 atom stereocenters. The minimum Gasteiger partial charge on any atom is -0.497 e. The maximum absolute atomic E-state index is 11.7. The summed E-state index contributed by atoms with van der Waals surface area (Å²) in [5.74, 6) is 0.766. The van der Waals surface area contributed by atoms with Crippen molar-refractivity contribution in [2.24, 2.45) is 0 Å². The van der Waals surface area contributed by atoms with E-state index in [4.69, 9.17) is 4.74 Å². The normalized spacial score (nSPS) is 10.3. The lowest BCUT2D eigenvalue weighted by Gasteiger charge is -2.06. The quantitative estimate of drug-likeness (QED) is 0.864. The van der Waals surface area contributed by atoms with Gasteiger partial charge in [0.05, 0.1) is 12.7 Å². The summed E-state index contributed by atoms with van der Waals surface area (Å²) in [6.07, 6.45) is 0.437. The molecule has 5 heteroatoms.